The molecule has 0 spiro atoms. The second-order valence-corrected chi connectivity index (χ2v) is 2.62. The molecule has 0 aromatic carbocycles. The van der Waals surface area contributed by atoms with Crippen molar-refractivity contribution >= 4 is 0 Å². The van der Waals surface area contributed by atoms with Crippen molar-refractivity contribution in [3.8, 4) is 0 Å². The molecule has 1 aliphatic rings. The van der Waals surface area contributed by atoms with Gasteiger partial charge < -0.3 is 5.32 Å². The quantitative estimate of drug-likeness (QED) is 0.639. The van der Waals surface area contributed by atoms with Crippen LogP contribution in [0.15, 0.2) is 0 Å². The maximum absolute atomic E-state index is 3.30. The van der Waals surface area contributed by atoms with Gasteiger partial charge in [-0.1, -0.05) is 47.0 Å². The van der Waals surface area contributed by atoms with Crippen LogP contribution in [-0.4, -0.2) is 13.1 Å². The minimum absolute atomic E-state index is 0.837. The molecule has 0 aliphatic heterocycles. The van der Waals surface area contributed by atoms with E-state index in [0.29, 0.717) is 0 Å². The predicted octanol–water partition coefficient (Wildman–Crippen LogP) is 3.59. The summed E-state index contributed by atoms with van der Waals surface area (Å²) < 4.78 is 0. The summed E-state index contributed by atoms with van der Waals surface area (Å²) in [5, 5.41) is 3.30. The lowest BCUT2D eigenvalue weighted by Gasteiger charge is -2.20. The Morgan fingerprint density at radius 1 is 0.833 bits per heavy atom. The van der Waals surface area contributed by atoms with Gasteiger partial charge >= 0.3 is 0 Å². The van der Waals surface area contributed by atoms with E-state index in [1.165, 1.54) is 32.1 Å². The van der Waals surface area contributed by atoms with Gasteiger partial charge in [-0.3, -0.25) is 0 Å². The molecule has 1 rings (SSSR count). The van der Waals surface area contributed by atoms with Gasteiger partial charge in [-0.15, -0.1) is 0 Å². The summed E-state index contributed by atoms with van der Waals surface area (Å²) in [5.74, 6) is 0. The van der Waals surface area contributed by atoms with E-state index in [0.717, 1.165) is 6.04 Å². The minimum atomic E-state index is 0.837. The third-order valence-corrected chi connectivity index (χ3v) is 2.01. The molecule has 0 unspecified atom stereocenters. The Morgan fingerprint density at radius 2 is 1.25 bits per heavy atom. The van der Waals surface area contributed by atoms with Crippen LogP contribution in [0, 0.1) is 0 Å². The summed E-state index contributed by atoms with van der Waals surface area (Å²) >= 11 is 0. The van der Waals surface area contributed by atoms with E-state index in [9.17, 15) is 0 Å². The SMILES string of the molecule is CC.CC.CNC1CCCCC1. The zero-order chi connectivity index (χ0) is 9.82. The van der Waals surface area contributed by atoms with Gasteiger partial charge in [0.15, 0.2) is 0 Å². The fourth-order valence-electron chi connectivity index (χ4n) is 1.39. The minimum Gasteiger partial charge on any atom is -0.317 e. The average molecular weight is 173 g/mol. The number of nitrogens with one attached hydrogen (secondary N) is 1. The van der Waals surface area contributed by atoms with Crippen molar-refractivity contribution in [3.63, 3.8) is 0 Å². The zero-order valence-electron chi connectivity index (χ0n) is 9.61. The van der Waals surface area contributed by atoms with E-state index in [2.05, 4.69) is 12.4 Å². The Hall–Kier alpha value is -0.0400. The molecular formula is C11H27N. The summed E-state index contributed by atoms with van der Waals surface area (Å²) in [4.78, 5) is 0. The highest BCUT2D eigenvalue weighted by molar-refractivity contribution is 4.68. The molecule has 0 atom stereocenters. The Bertz CT molecular complexity index is 56.0. The van der Waals surface area contributed by atoms with Crippen LogP contribution >= 0.6 is 0 Å². The van der Waals surface area contributed by atoms with Crippen molar-refractivity contribution in [1.82, 2.24) is 5.32 Å². The third-order valence-electron chi connectivity index (χ3n) is 2.01. The second-order valence-electron chi connectivity index (χ2n) is 2.62. The first kappa shape index (κ1) is 14.5. The van der Waals surface area contributed by atoms with Crippen molar-refractivity contribution in [2.24, 2.45) is 0 Å². The van der Waals surface area contributed by atoms with Gasteiger partial charge in [0, 0.05) is 6.04 Å². The molecule has 0 amide bonds. The highest BCUT2D eigenvalue weighted by atomic mass is 14.9. The topological polar surface area (TPSA) is 12.0 Å². The van der Waals surface area contributed by atoms with Crippen LogP contribution in [0.2, 0.25) is 0 Å². The van der Waals surface area contributed by atoms with Crippen molar-refractivity contribution in [2.45, 2.75) is 65.8 Å². The van der Waals surface area contributed by atoms with Crippen LogP contribution in [0.1, 0.15) is 59.8 Å². The highest BCUT2D eigenvalue weighted by Gasteiger charge is 2.09. The summed E-state index contributed by atoms with van der Waals surface area (Å²) in [6.07, 6.45) is 7.13. The molecule has 1 saturated carbocycles. The fourth-order valence-corrected chi connectivity index (χ4v) is 1.39. The van der Waals surface area contributed by atoms with Crippen molar-refractivity contribution in [2.75, 3.05) is 7.05 Å². The van der Waals surface area contributed by atoms with E-state index < -0.39 is 0 Å². The van der Waals surface area contributed by atoms with Crippen LogP contribution in [0.3, 0.4) is 0 Å². The highest BCUT2D eigenvalue weighted by Crippen LogP contribution is 2.16. The Labute approximate surface area is 78.9 Å². The summed E-state index contributed by atoms with van der Waals surface area (Å²) in [7, 11) is 2.07. The van der Waals surface area contributed by atoms with Crippen LogP contribution in [0.25, 0.3) is 0 Å². The molecule has 0 saturated heterocycles. The standard InChI is InChI=1S/C7H15N.2C2H6/c1-8-7-5-3-2-4-6-7;2*1-2/h7-8H,2-6H2,1H3;2*1-2H3. The van der Waals surface area contributed by atoms with E-state index in [1.54, 1.807) is 0 Å². The molecular weight excluding hydrogens is 146 g/mol. The monoisotopic (exact) mass is 173 g/mol. The second kappa shape index (κ2) is 13.5. The first-order chi connectivity index (χ1) is 5.93. The first-order valence-corrected chi connectivity index (χ1v) is 5.61. The zero-order valence-corrected chi connectivity index (χ0v) is 9.61. The summed E-state index contributed by atoms with van der Waals surface area (Å²) in [5.41, 5.74) is 0. The van der Waals surface area contributed by atoms with Gasteiger partial charge in [-0.05, 0) is 19.9 Å². The molecule has 0 heterocycles. The van der Waals surface area contributed by atoms with Crippen LogP contribution in [0.5, 0.6) is 0 Å². The van der Waals surface area contributed by atoms with E-state index in [-0.39, 0.29) is 0 Å². The molecule has 1 N–H and O–H groups in total. The van der Waals surface area contributed by atoms with Gasteiger partial charge in [-0.2, -0.15) is 0 Å². The fraction of sp³-hybridized carbons (Fsp3) is 1.00. The molecule has 0 aromatic rings. The van der Waals surface area contributed by atoms with Crippen LogP contribution in [-0.2, 0) is 0 Å². The number of rotatable bonds is 1. The molecule has 1 fully saturated rings. The molecule has 0 bridgehead atoms. The smallest absolute Gasteiger partial charge is 0.00640 e. The normalized spacial score (nSPS) is 16.8. The van der Waals surface area contributed by atoms with Crippen molar-refractivity contribution < 1.29 is 0 Å². The lowest BCUT2D eigenvalue weighted by Crippen LogP contribution is -2.26. The molecule has 0 aromatic heterocycles. The lowest BCUT2D eigenvalue weighted by molar-refractivity contribution is 0.394. The third kappa shape index (κ3) is 8.06. The number of hydrogen-bond donors (Lipinski definition) is 1. The summed E-state index contributed by atoms with van der Waals surface area (Å²) in [6.45, 7) is 8.00. The van der Waals surface area contributed by atoms with Gasteiger partial charge in [0.2, 0.25) is 0 Å². The van der Waals surface area contributed by atoms with Crippen LogP contribution < -0.4 is 5.32 Å². The van der Waals surface area contributed by atoms with Gasteiger partial charge in [-0.25, -0.2) is 0 Å². The summed E-state index contributed by atoms with van der Waals surface area (Å²) in [6, 6.07) is 0.837. The molecule has 0 radical (unpaired) electrons. The molecule has 1 heteroatoms. The predicted molar refractivity (Wildman–Crippen MR) is 58.6 cm³/mol. The Kier molecular flexibility index (Phi) is 16.3. The van der Waals surface area contributed by atoms with Crippen LogP contribution in [0.4, 0.5) is 0 Å². The van der Waals surface area contributed by atoms with E-state index >= 15 is 0 Å². The Balaban J connectivity index is 0. The van der Waals surface area contributed by atoms with Crippen molar-refractivity contribution in [1.29, 1.82) is 0 Å². The van der Waals surface area contributed by atoms with Gasteiger partial charge in [0.05, 0.1) is 0 Å². The Morgan fingerprint density at radius 3 is 1.50 bits per heavy atom. The van der Waals surface area contributed by atoms with Gasteiger partial charge in [0.1, 0.15) is 0 Å². The maximum Gasteiger partial charge on any atom is 0.00640 e. The molecule has 76 valence electrons. The molecule has 12 heavy (non-hydrogen) atoms. The lowest BCUT2D eigenvalue weighted by atomic mass is 9.96. The maximum atomic E-state index is 3.30. The van der Waals surface area contributed by atoms with E-state index in [4.69, 9.17) is 0 Å². The average Bonchev–Trinajstić information content (AvgIpc) is 2.25. The largest absolute Gasteiger partial charge is 0.317 e. The van der Waals surface area contributed by atoms with Gasteiger partial charge in [0.25, 0.3) is 0 Å². The first-order valence-electron chi connectivity index (χ1n) is 5.61. The number of hydrogen-bond acceptors (Lipinski definition) is 1. The van der Waals surface area contributed by atoms with E-state index in [1.807, 2.05) is 27.7 Å². The molecule has 1 aliphatic carbocycles. The molecule has 1 nitrogen and oxygen atoms in total. The van der Waals surface area contributed by atoms with Crippen molar-refractivity contribution in [3.05, 3.63) is 0 Å².